The summed E-state index contributed by atoms with van der Waals surface area (Å²) >= 11 is 0. The van der Waals surface area contributed by atoms with Gasteiger partial charge in [0, 0.05) is 6.42 Å². The van der Waals surface area contributed by atoms with Crippen LogP contribution in [0, 0.1) is 11.3 Å². The van der Waals surface area contributed by atoms with E-state index in [1.54, 1.807) is 0 Å². The largest absolute Gasteiger partial charge is 0.368 e. The number of fused-ring (bicyclic) bond motifs is 3. The molecule has 0 fully saturated rings. The maximum Gasteiger partial charge on any atom is 0.217 e. The molecule has 0 aliphatic heterocycles. The number of hydrogen-bond acceptors (Lipinski definition) is 2. The zero-order valence-corrected chi connectivity index (χ0v) is 13.0. The van der Waals surface area contributed by atoms with Gasteiger partial charge in [0.25, 0.3) is 0 Å². The van der Waals surface area contributed by atoms with Gasteiger partial charge >= 0.3 is 0 Å². The highest BCUT2D eigenvalue weighted by molar-refractivity contribution is 5.94. The highest BCUT2D eigenvalue weighted by Gasteiger charge is 2.24. The molecular formula is C18H21N3O. The molecule has 0 aromatic heterocycles. The number of benzene rings is 2. The Kier molecular flexibility index (Phi) is 3.86. The Labute approximate surface area is 131 Å². The summed E-state index contributed by atoms with van der Waals surface area (Å²) in [6.45, 7) is 4.67. The van der Waals surface area contributed by atoms with E-state index in [2.05, 4.69) is 44.2 Å². The van der Waals surface area contributed by atoms with Crippen LogP contribution in [0.15, 0.2) is 42.5 Å². The molecule has 0 spiro atoms. The first-order valence-corrected chi connectivity index (χ1v) is 7.55. The third-order valence-corrected chi connectivity index (χ3v) is 3.80. The van der Waals surface area contributed by atoms with Crippen LogP contribution in [0.3, 0.4) is 0 Å². The number of nitrogens with two attached hydrogens (primary N) is 1. The van der Waals surface area contributed by atoms with Crippen molar-refractivity contribution in [1.82, 2.24) is 0 Å². The van der Waals surface area contributed by atoms with Crippen molar-refractivity contribution in [3.05, 3.63) is 53.6 Å². The van der Waals surface area contributed by atoms with E-state index < -0.39 is 0 Å². The first kappa shape index (κ1) is 14.6. The average Bonchev–Trinajstić information content (AvgIpc) is 2.86. The molecule has 22 heavy (non-hydrogen) atoms. The predicted molar refractivity (Wildman–Crippen MR) is 89.9 cm³/mol. The van der Waals surface area contributed by atoms with Gasteiger partial charge in [0.15, 0.2) is 0 Å². The summed E-state index contributed by atoms with van der Waals surface area (Å²) in [4.78, 5) is 5.76. The summed E-state index contributed by atoms with van der Waals surface area (Å²) in [6.07, 6.45) is 0.844. The van der Waals surface area contributed by atoms with Crippen LogP contribution in [0.1, 0.15) is 25.0 Å². The summed E-state index contributed by atoms with van der Waals surface area (Å²) in [6, 6.07) is 14.5. The van der Waals surface area contributed by atoms with E-state index in [1.807, 2.05) is 12.1 Å². The number of hydrogen-bond donors (Lipinski definition) is 2. The van der Waals surface area contributed by atoms with Crippen LogP contribution in [-0.4, -0.2) is 12.6 Å². The minimum absolute atomic E-state index is 0.0926. The zero-order valence-electron chi connectivity index (χ0n) is 13.0. The average molecular weight is 295 g/mol. The first-order chi connectivity index (χ1) is 10.6. The van der Waals surface area contributed by atoms with Gasteiger partial charge in [-0.25, -0.2) is 0 Å². The normalized spacial score (nSPS) is 12.1. The molecule has 0 atom stereocenters. The van der Waals surface area contributed by atoms with Crippen LogP contribution in [0.5, 0.6) is 0 Å². The Morgan fingerprint density at radius 2 is 1.91 bits per heavy atom. The second-order valence-corrected chi connectivity index (χ2v) is 6.01. The maximum absolute atomic E-state index is 7.84. The molecule has 0 radical (unpaired) electrons. The van der Waals surface area contributed by atoms with Crippen LogP contribution in [-0.2, 0) is 11.3 Å². The Morgan fingerprint density at radius 3 is 2.64 bits per heavy atom. The first-order valence-electron chi connectivity index (χ1n) is 7.55. The fourth-order valence-corrected chi connectivity index (χ4v) is 2.82. The van der Waals surface area contributed by atoms with Crippen molar-refractivity contribution in [3.63, 3.8) is 0 Å². The summed E-state index contributed by atoms with van der Waals surface area (Å²) in [5.41, 5.74) is 11.5. The molecule has 4 nitrogen and oxygen atoms in total. The van der Waals surface area contributed by atoms with Gasteiger partial charge in [-0.2, -0.15) is 5.06 Å². The monoisotopic (exact) mass is 295 g/mol. The Bertz CT molecular complexity index is 709. The number of rotatable bonds is 4. The van der Waals surface area contributed by atoms with Gasteiger partial charge in [-0.15, -0.1) is 0 Å². The lowest BCUT2D eigenvalue weighted by Gasteiger charge is -2.25. The van der Waals surface area contributed by atoms with Crippen LogP contribution >= 0.6 is 0 Å². The number of anilines is 1. The number of guanidine groups is 1. The standard InChI is InChI=1S/C18H21N3O/c1-12(2)11-22-21(18(19)20)17-9-5-8-15-14-7-4-3-6-13(14)10-16(15)17/h3-9,12H,10-11H2,1-2H3,(H3,19,20). The molecule has 2 aromatic carbocycles. The molecule has 1 aliphatic rings. The SMILES string of the molecule is CC(C)CON(C(=N)N)c1cccc2c1Cc1ccccc1-2. The van der Waals surface area contributed by atoms with E-state index in [-0.39, 0.29) is 5.96 Å². The van der Waals surface area contributed by atoms with E-state index in [4.69, 9.17) is 16.0 Å². The fraction of sp³-hybridized carbons (Fsp3) is 0.278. The van der Waals surface area contributed by atoms with Crippen molar-refractivity contribution in [1.29, 1.82) is 5.41 Å². The van der Waals surface area contributed by atoms with Crippen LogP contribution < -0.4 is 10.8 Å². The number of nitrogens with zero attached hydrogens (tertiary/aromatic N) is 1. The van der Waals surface area contributed by atoms with Gasteiger partial charge < -0.3 is 5.73 Å². The van der Waals surface area contributed by atoms with E-state index in [9.17, 15) is 0 Å². The van der Waals surface area contributed by atoms with E-state index in [1.165, 1.54) is 27.3 Å². The van der Waals surface area contributed by atoms with Crippen molar-refractivity contribution in [2.45, 2.75) is 20.3 Å². The minimum Gasteiger partial charge on any atom is -0.368 e. The van der Waals surface area contributed by atoms with Crippen LogP contribution in [0.4, 0.5) is 5.69 Å². The smallest absolute Gasteiger partial charge is 0.217 e. The van der Waals surface area contributed by atoms with Gasteiger partial charge in [0.1, 0.15) is 0 Å². The van der Waals surface area contributed by atoms with Crippen molar-refractivity contribution in [2.24, 2.45) is 11.7 Å². The van der Waals surface area contributed by atoms with Gasteiger partial charge in [-0.3, -0.25) is 10.2 Å². The van der Waals surface area contributed by atoms with Crippen molar-refractivity contribution in [3.8, 4) is 11.1 Å². The lowest BCUT2D eigenvalue weighted by molar-refractivity contribution is 0.116. The molecule has 0 unspecified atom stereocenters. The molecule has 114 valence electrons. The molecule has 4 heteroatoms. The van der Waals surface area contributed by atoms with E-state index in [0.29, 0.717) is 12.5 Å². The van der Waals surface area contributed by atoms with Crippen molar-refractivity contribution in [2.75, 3.05) is 11.7 Å². The molecule has 3 N–H and O–H groups in total. The zero-order chi connectivity index (χ0) is 15.7. The quantitative estimate of drug-likeness (QED) is 0.439. The summed E-state index contributed by atoms with van der Waals surface area (Å²) in [5, 5.41) is 9.28. The fourth-order valence-electron chi connectivity index (χ4n) is 2.82. The van der Waals surface area contributed by atoms with Crippen LogP contribution in [0.2, 0.25) is 0 Å². The Hall–Kier alpha value is -2.33. The minimum atomic E-state index is -0.0926. The second-order valence-electron chi connectivity index (χ2n) is 6.01. The Morgan fingerprint density at radius 1 is 1.18 bits per heavy atom. The highest BCUT2D eigenvalue weighted by Crippen LogP contribution is 2.41. The summed E-state index contributed by atoms with van der Waals surface area (Å²) < 4.78 is 0. The summed E-state index contributed by atoms with van der Waals surface area (Å²) in [7, 11) is 0. The molecule has 0 saturated carbocycles. The van der Waals surface area contributed by atoms with E-state index >= 15 is 0 Å². The van der Waals surface area contributed by atoms with Crippen LogP contribution in [0.25, 0.3) is 11.1 Å². The van der Waals surface area contributed by atoms with Crippen molar-refractivity contribution < 1.29 is 4.84 Å². The number of nitrogens with one attached hydrogen (secondary N) is 1. The summed E-state index contributed by atoms with van der Waals surface area (Å²) in [5.74, 6) is 0.279. The molecule has 1 aliphatic carbocycles. The van der Waals surface area contributed by atoms with Gasteiger partial charge in [0.2, 0.25) is 5.96 Å². The predicted octanol–water partition coefficient (Wildman–Crippen LogP) is 3.55. The topological polar surface area (TPSA) is 62.3 Å². The lowest BCUT2D eigenvalue weighted by atomic mass is 10.0. The maximum atomic E-state index is 7.84. The van der Waals surface area contributed by atoms with Gasteiger partial charge in [-0.1, -0.05) is 50.2 Å². The molecule has 0 saturated heterocycles. The Balaban J connectivity index is 2.00. The molecule has 0 heterocycles. The highest BCUT2D eigenvalue weighted by atomic mass is 16.7. The molecule has 3 rings (SSSR count). The molecule has 2 aromatic rings. The van der Waals surface area contributed by atoms with Gasteiger partial charge in [-0.05, 0) is 34.2 Å². The van der Waals surface area contributed by atoms with E-state index in [0.717, 1.165) is 12.1 Å². The van der Waals surface area contributed by atoms with Crippen molar-refractivity contribution >= 4 is 11.6 Å². The second kappa shape index (κ2) is 5.81. The van der Waals surface area contributed by atoms with Gasteiger partial charge in [0.05, 0.1) is 12.3 Å². The molecule has 0 amide bonds. The lowest BCUT2D eigenvalue weighted by Crippen LogP contribution is -2.38. The third kappa shape index (κ3) is 2.57. The molecular weight excluding hydrogens is 274 g/mol. The third-order valence-electron chi connectivity index (χ3n) is 3.80. The number of hydroxylamine groups is 1. The molecule has 0 bridgehead atoms.